The number of benzene rings is 1. The molecule has 0 saturated heterocycles. The number of aliphatic hydroxyl groups is 2. The van der Waals surface area contributed by atoms with Crippen LogP contribution < -0.4 is 5.32 Å². The Morgan fingerprint density at radius 2 is 2.19 bits per heavy atom. The molecule has 138 valence electrons. The van der Waals surface area contributed by atoms with Crippen LogP contribution in [0.25, 0.3) is 33.2 Å². The van der Waals surface area contributed by atoms with Crippen LogP contribution in [0, 0.1) is 0 Å². The highest BCUT2D eigenvalue weighted by molar-refractivity contribution is 6.03. The topological polar surface area (TPSA) is 103 Å². The summed E-state index contributed by atoms with van der Waals surface area (Å²) in [5, 5.41) is 22.9. The molecule has 3 heterocycles. The molecule has 0 radical (unpaired) electrons. The number of carbonyl (C=O) groups is 1. The molecule has 0 saturated carbocycles. The minimum Gasteiger partial charge on any atom is -0.394 e. The monoisotopic (exact) mass is 364 g/mol. The van der Waals surface area contributed by atoms with Gasteiger partial charge in [-0.05, 0) is 36.4 Å². The molecular formula is C20H20N4O3. The summed E-state index contributed by atoms with van der Waals surface area (Å²) in [5.41, 5.74) is 4.23. The Labute approximate surface area is 155 Å². The van der Waals surface area contributed by atoms with Gasteiger partial charge in [-0.15, -0.1) is 0 Å². The number of aromatic amines is 1. The van der Waals surface area contributed by atoms with E-state index in [0.717, 1.165) is 33.2 Å². The lowest BCUT2D eigenvalue weighted by Gasteiger charge is -2.09. The Kier molecular flexibility index (Phi) is 4.39. The molecule has 0 spiro atoms. The van der Waals surface area contributed by atoms with Crippen molar-refractivity contribution >= 4 is 27.8 Å². The van der Waals surface area contributed by atoms with E-state index < -0.39 is 12.7 Å². The second kappa shape index (κ2) is 6.86. The molecule has 1 unspecified atom stereocenters. The van der Waals surface area contributed by atoms with Crippen molar-refractivity contribution in [3.63, 3.8) is 0 Å². The zero-order chi connectivity index (χ0) is 19.0. The first kappa shape index (κ1) is 17.3. The largest absolute Gasteiger partial charge is 0.394 e. The standard InChI is InChI=1S/C20H20N4O3/c1-24-10-16(17-8-12-3-2-6-21-19(12)23-17)15-7-13(4-5-18(15)24)20(27)22-9-14(26)11-25/h2-8,10,14,25-26H,9,11H2,1H3,(H,21,23)(H,22,27). The summed E-state index contributed by atoms with van der Waals surface area (Å²) in [7, 11) is 1.96. The molecular weight excluding hydrogens is 344 g/mol. The molecule has 3 aromatic heterocycles. The highest BCUT2D eigenvalue weighted by Gasteiger charge is 2.15. The van der Waals surface area contributed by atoms with Crippen molar-refractivity contribution in [1.29, 1.82) is 0 Å². The average Bonchev–Trinajstić information content (AvgIpc) is 3.26. The van der Waals surface area contributed by atoms with Gasteiger partial charge in [-0.3, -0.25) is 4.79 Å². The van der Waals surface area contributed by atoms with E-state index in [9.17, 15) is 9.90 Å². The molecule has 0 aliphatic rings. The Hall–Kier alpha value is -3.16. The maximum absolute atomic E-state index is 12.4. The third-order valence-corrected chi connectivity index (χ3v) is 4.64. The number of hydrogen-bond donors (Lipinski definition) is 4. The first-order valence-electron chi connectivity index (χ1n) is 8.67. The van der Waals surface area contributed by atoms with Gasteiger partial charge in [-0.25, -0.2) is 4.98 Å². The lowest BCUT2D eigenvalue weighted by molar-refractivity contribution is 0.0802. The average molecular weight is 364 g/mol. The number of aliphatic hydroxyl groups excluding tert-OH is 2. The molecule has 4 N–H and O–H groups in total. The van der Waals surface area contributed by atoms with Gasteiger partial charge in [0.05, 0.1) is 12.7 Å². The summed E-state index contributed by atoms with van der Waals surface area (Å²) < 4.78 is 2.01. The number of pyridine rings is 1. The number of hydrogen-bond acceptors (Lipinski definition) is 4. The smallest absolute Gasteiger partial charge is 0.251 e. The number of carbonyl (C=O) groups excluding carboxylic acids is 1. The van der Waals surface area contributed by atoms with E-state index in [1.165, 1.54) is 0 Å². The molecule has 0 aliphatic carbocycles. The SMILES string of the molecule is Cn1cc(-c2cc3cccnc3[nH]2)c2cc(C(=O)NCC(O)CO)ccc21. The predicted molar refractivity (Wildman–Crippen MR) is 103 cm³/mol. The summed E-state index contributed by atoms with van der Waals surface area (Å²) in [6, 6.07) is 11.4. The maximum Gasteiger partial charge on any atom is 0.251 e. The highest BCUT2D eigenvalue weighted by atomic mass is 16.3. The van der Waals surface area contributed by atoms with Crippen LogP contribution in [0.3, 0.4) is 0 Å². The van der Waals surface area contributed by atoms with Gasteiger partial charge in [0.2, 0.25) is 0 Å². The minimum absolute atomic E-state index is 0.00268. The van der Waals surface area contributed by atoms with Gasteiger partial charge in [0.25, 0.3) is 5.91 Å². The first-order valence-corrected chi connectivity index (χ1v) is 8.67. The van der Waals surface area contributed by atoms with E-state index >= 15 is 0 Å². The number of nitrogens with one attached hydrogen (secondary N) is 2. The van der Waals surface area contributed by atoms with E-state index in [0.29, 0.717) is 5.56 Å². The van der Waals surface area contributed by atoms with E-state index in [1.807, 2.05) is 48.1 Å². The molecule has 4 aromatic rings. The fourth-order valence-corrected chi connectivity index (χ4v) is 3.23. The molecule has 4 rings (SSSR count). The van der Waals surface area contributed by atoms with Crippen molar-refractivity contribution in [1.82, 2.24) is 19.9 Å². The van der Waals surface area contributed by atoms with E-state index in [4.69, 9.17) is 5.11 Å². The molecule has 0 aliphatic heterocycles. The Bertz CT molecular complexity index is 1100. The lowest BCUT2D eigenvalue weighted by atomic mass is 10.1. The lowest BCUT2D eigenvalue weighted by Crippen LogP contribution is -2.33. The molecule has 7 heteroatoms. The van der Waals surface area contributed by atoms with Crippen LogP contribution in [-0.4, -0.2) is 49.9 Å². The Morgan fingerprint density at radius 1 is 1.33 bits per heavy atom. The number of H-pyrrole nitrogens is 1. The third-order valence-electron chi connectivity index (χ3n) is 4.64. The Morgan fingerprint density at radius 3 is 2.96 bits per heavy atom. The molecule has 7 nitrogen and oxygen atoms in total. The second-order valence-corrected chi connectivity index (χ2v) is 6.56. The van der Waals surface area contributed by atoms with E-state index in [2.05, 4.69) is 15.3 Å². The number of fused-ring (bicyclic) bond motifs is 2. The zero-order valence-electron chi connectivity index (χ0n) is 14.8. The van der Waals surface area contributed by atoms with Crippen molar-refractivity contribution in [2.24, 2.45) is 7.05 Å². The van der Waals surface area contributed by atoms with Gasteiger partial charge < -0.3 is 25.1 Å². The fraction of sp³-hybridized carbons (Fsp3) is 0.200. The van der Waals surface area contributed by atoms with E-state index in [-0.39, 0.29) is 12.5 Å². The summed E-state index contributed by atoms with van der Waals surface area (Å²) in [5.74, 6) is -0.294. The van der Waals surface area contributed by atoms with Gasteiger partial charge in [0.1, 0.15) is 5.65 Å². The van der Waals surface area contributed by atoms with E-state index in [1.54, 1.807) is 12.3 Å². The van der Waals surface area contributed by atoms with Crippen molar-refractivity contribution in [2.75, 3.05) is 13.2 Å². The number of aromatic nitrogens is 3. The summed E-state index contributed by atoms with van der Waals surface area (Å²) in [6.07, 6.45) is 2.80. The van der Waals surface area contributed by atoms with Crippen molar-refractivity contribution in [2.45, 2.75) is 6.10 Å². The van der Waals surface area contributed by atoms with Crippen LogP contribution in [0.2, 0.25) is 0 Å². The number of rotatable bonds is 5. The molecule has 0 bridgehead atoms. The van der Waals surface area contributed by atoms with Crippen LogP contribution in [0.1, 0.15) is 10.4 Å². The number of aryl methyl sites for hydroxylation is 1. The number of nitrogens with zero attached hydrogens (tertiary/aromatic N) is 2. The highest BCUT2D eigenvalue weighted by Crippen LogP contribution is 2.32. The zero-order valence-corrected chi connectivity index (χ0v) is 14.8. The predicted octanol–water partition coefficient (Wildman–Crippen LogP) is 1.80. The van der Waals surface area contributed by atoms with Gasteiger partial charge in [-0.2, -0.15) is 0 Å². The van der Waals surface area contributed by atoms with Crippen LogP contribution in [0.5, 0.6) is 0 Å². The fourth-order valence-electron chi connectivity index (χ4n) is 3.23. The molecule has 1 atom stereocenters. The quantitative estimate of drug-likeness (QED) is 0.434. The number of amides is 1. The van der Waals surface area contributed by atoms with Gasteiger partial charge in [-0.1, -0.05) is 0 Å². The van der Waals surface area contributed by atoms with Gasteiger partial charge in [0, 0.05) is 59.1 Å². The minimum atomic E-state index is -0.969. The van der Waals surface area contributed by atoms with Crippen LogP contribution in [0.15, 0.2) is 48.8 Å². The molecule has 1 aromatic carbocycles. The van der Waals surface area contributed by atoms with Crippen LogP contribution in [0.4, 0.5) is 0 Å². The maximum atomic E-state index is 12.4. The Balaban J connectivity index is 1.74. The summed E-state index contributed by atoms with van der Waals surface area (Å²) in [6.45, 7) is -0.390. The van der Waals surface area contributed by atoms with Gasteiger partial charge in [0.15, 0.2) is 0 Å². The molecule has 1 amide bonds. The third kappa shape index (κ3) is 3.18. The summed E-state index contributed by atoms with van der Waals surface area (Å²) >= 11 is 0. The van der Waals surface area contributed by atoms with Crippen molar-refractivity contribution in [3.05, 3.63) is 54.4 Å². The molecule has 0 fully saturated rings. The normalized spacial score (nSPS) is 12.6. The van der Waals surface area contributed by atoms with Crippen LogP contribution >= 0.6 is 0 Å². The van der Waals surface area contributed by atoms with Crippen LogP contribution in [-0.2, 0) is 7.05 Å². The molecule has 27 heavy (non-hydrogen) atoms. The second-order valence-electron chi connectivity index (χ2n) is 6.56. The van der Waals surface area contributed by atoms with Crippen molar-refractivity contribution in [3.8, 4) is 11.3 Å². The van der Waals surface area contributed by atoms with Crippen molar-refractivity contribution < 1.29 is 15.0 Å². The van der Waals surface area contributed by atoms with Gasteiger partial charge >= 0.3 is 0 Å². The summed E-state index contributed by atoms with van der Waals surface area (Å²) in [4.78, 5) is 20.0. The first-order chi connectivity index (χ1) is 13.1.